The normalized spacial score (nSPS) is 10.9. The van der Waals surface area contributed by atoms with E-state index in [-0.39, 0.29) is 51.3 Å². The number of nitrogens with zero attached hydrogens (tertiary/aromatic N) is 3. The van der Waals surface area contributed by atoms with Crippen molar-refractivity contribution >= 4 is 62.9 Å². The van der Waals surface area contributed by atoms with E-state index in [1.165, 1.54) is 47.4 Å². The van der Waals surface area contributed by atoms with Crippen LogP contribution in [0.3, 0.4) is 0 Å². The SMILES string of the molecule is Cc1c(=O)n(C)c(Nc2ccc(I)cc2F)c2c(=O)n(-c3ccccc3)c(=O)n(-c3cccc(NC(=O)C=O)c3)c12. The molecule has 5 rings (SSSR count). The number of fused-ring (bicyclic) bond motifs is 1. The number of anilines is 3. The number of halogens is 2. The highest BCUT2D eigenvalue weighted by atomic mass is 127. The van der Waals surface area contributed by atoms with E-state index >= 15 is 0 Å². The van der Waals surface area contributed by atoms with Crippen molar-refractivity contribution in [1.29, 1.82) is 0 Å². The Balaban J connectivity index is 1.95. The van der Waals surface area contributed by atoms with Gasteiger partial charge in [-0.1, -0.05) is 24.3 Å². The lowest BCUT2D eigenvalue weighted by Crippen LogP contribution is -2.40. The lowest BCUT2D eigenvalue weighted by atomic mass is 10.1. The van der Waals surface area contributed by atoms with Crippen LogP contribution in [0.2, 0.25) is 0 Å². The lowest BCUT2D eigenvalue weighted by Gasteiger charge is -2.21. The highest BCUT2D eigenvalue weighted by molar-refractivity contribution is 14.1. The largest absolute Gasteiger partial charge is 0.340 e. The quantitative estimate of drug-likeness (QED) is 0.162. The van der Waals surface area contributed by atoms with Crippen LogP contribution in [-0.2, 0) is 16.6 Å². The molecule has 0 aliphatic heterocycles. The molecule has 41 heavy (non-hydrogen) atoms. The summed E-state index contributed by atoms with van der Waals surface area (Å²) in [4.78, 5) is 64.3. The molecule has 2 N–H and O–H groups in total. The fourth-order valence-corrected chi connectivity index (χ4v) is 5.05. The number of amides is 1. The zero-order valence-corrected chi connectivity index (χ0v) is 23.8. The van der Waals surface area contributed by atoms with E-state index in [9.17, 15) is 28.4 Å². The van der Waals surface area contributed by atoms with Crippen molar-refractivity contribution in [1.82, 2.24) is 13.7 Å². The molecule has 3 aromatic carbocycles. The van der Waals surface area contributed by atoms with Gasteiger partial charge in [0.1, 0.15) is 17.0 Å². The summed E-state index contributed by atoms with van der Waals surface area (Å²) >= 11 is 1.97. The Hall–Kier alpha value is -4.85. The molecule has 2 aromatic heterocycles. The summed E-state index contributed by atoms with van der Waals surface area (Å²) in [5.74, 6) is -1.53. The van der Waals surface area contributed by atoms with Crippen LogP contribution in [0.25, 0.3) is 22.3 Å². The molecule has 0 saturated heterocycles. The number of aldehydes is 1. The smallest absolute Gasteiger partial charge is 0.338 e. The van der Waals surface area contributed by atoms with Crippen LogP contribution in [0.1, 0.15) is 5.56 Å². The standard InChI is InChI=1S/C29H21FIN5O5/c1-16-25-24(26(34(2)27(16)39)33-22-12-11-17(31)13-21(22)30)28(40)36(19-8-4-3-5-9-19)29(41)35(25)20-10-6-7-18(14-20)32-23(38)15-37/h3-15,33H,1-2H3,(H,32,38). The van der Waals surface area contributed by atoms with Gasteiger partial charge in [-0.05, 0) is 78.0 Å². The third-order valence-corrected chi connectivity index (χ3v) is 7.16. The summed E-state index contributed by atoms with van der Waals surface area (Å²) < 4.78 is 18.9. The molecule has 0 fully saturated rings. The number of aryl methyl sites for hydroxylation is 1. The minimum absolute atomic E-state index is 0.00237. The van der Waals surface area contributed by atoms with E-state index in [2.05, 4.69) is 10.6 Å². The Morgan fingerprint density at radius 2 is 1.61 bits per heavy atom. The molecule has 206 valence electrons. The van der Waals surface area contributed by atoms with Crippen molar-refractivity contribution in [3.63, 3.8) is 0 Å². The summed E-state index contributed by atoms with van der Waals surface area (Å²) in [6.07, 6.45) is 0.110. The van der Waals surface area contributed by atoms with E-state index in [1.54, 1.807) is 48.5 Å². The van der Waals surface area contributed by atoms with Crippen LogP contribution in [0, 0.1) is 16.3 Å². The number of rotatable bonds is 6. The van der Waals surface area contributed by atoms with Crippen molar-refractivity contribution in [3.05, 3.63) is 119 Å². The molecular formula is C29H21FIN5O5. The molecule has 5 aromatic rings. The Morgan fingerprint density at radius 1 is 0.902 bits per heavy atom. The summed E-state index contributed by atoms with van der Waals surface area (Å²) in [6.45, 7) is 1.49. The van der Waals surface area contributed by atoms with Gasteiger partial charge >= 0.3 is 5.69 Å². The molecule has 12 heteroatoms. The van der Waals surface area contributed by atoms with Gasteiger partial charge in [0.05, 0.1) is 22.6 Å². The highest BCUT2D eigenvalue weighted by Crippen LogP contribution is 2.28. The van der Waals surface area contributed by atoms with Gasteiger partial charge in [-0.3, -0.25) is 28.3 Å². The van der Waals surface area contributed by atoms with Crippen molar-refractivity contribution in [2.75, 3.05) is 10.6 Å². The van der Waals surface area contributed by atoms with Gasteiger partial charge in [0.2, 0.25) is 6.29 Å². The van der Waals surface area contributed by atoms with Gasteiger partial charge in [0.25, 0.3) is 17.0 Å². The fourth-order valence-electron chi connectivity index (χ4n) is 4.60. The van der Waals surface area contributed by atoms with Crippen LogP contribution in [0.5, 0.6) is 0 Å². The zero-order valence-electron chi connectivity index (χ0n) is 21.6. The molecule has 0 saturated carbocycles. The number of hydrogen-bond acceptors (Lipinski definition) is 6. The number of hydrogen-bond donors (Lipinski definition) is 2. The summed E-state index contributed by atoms with van der Waals surface area (Å²) in [5, 5.41) is 5.26. The molecule has 0 atom stereocenters. The maximum atomic E-state index is 14.9. The molecule has 0 spiro atoms. The third kappa shape index (κ3) is 4.97. The molecule has 0 aliphatic rings. The molecule has 0 unspecified atom stereocenters. The number of nitrogens with one attached hydrogen (secondary N) is 2. The van der Waals surface area contributed by atoms with Crippen molar-refractivity contribution in [2.45, 2.75) is 6.92 Å². The van der Waals surface area contributed by atoms with E-state index in [0.717, 1.165) is 4.57 Å². The topological polar surface area (TPSA) is 124 Å². The number of aromatic nitrogens is 3. The summed E-state index contributed by atoms with van der Waals surface area (Å²) in [5.41, 5.74) is -1.25. The van der Waals surface area contributed by atoms with Crippen LogP contribution >= 0.6 is 22.6 Å². The first-order valence-corrected chi connectivity index (χ1v) is 13.3. The molecule has 2 heterocycles. The van der Waals surface area contributed by atoms with Gasteiger partial charge in [-0.15, -0.1) is 0 Å². The van der Waals surface area contributed by atoms with E-state index < -0.39 is 28.5 Å². The Bertz CT molecular complexity index is 2050. The van der Waals surface area contributed by atoms with Crippen LogP contribution in [0.15, 0.2) is 87.2 Å². The number of benzene rings is 3. The molecule has 0 bridgehead atoms. The second-order valence-corrected chi connectivity index (χ2v) is 10.3. The molecule has 1 amide bonds. The Morgan fingerprint density at radius 3 is 2.29 bits per heavy atom. The summed E-state index contributed by atoms with van der Waals surface area (Å²) in [6, 6.07) is 18.7. The fraction of sp³-hybridized carbons (Fsp3) is 0.0690. The Labute approximate surface area is 244 Å². The van der Waals surface area contributed by atoms with Crippen molar-refractivity contribution < 1.29 is 14.0 Å². The zero-order chi connectivity index (χ0) is 29.4. The van der Waals surface area contributed by atoms with Crippen LogP contribution < -0.4 is 27.4 Å². The van der Waals surface area contributed by atoms with Crippen molar-refractivity contribution in [2.24, 2.45) is 7.05 Å². The number of pyridine rings is 1. The second-order valence-electron chi connectivity index (χ2n) is 9.06. The molecular weight excluding hydrogens is 644 g/mol. The molecule has 0 aliphatic carbocycles. The second kappa shape index (κ2) is 11.0. The minimum Gasteiger partial charge on any atom is -0.338 e. The first-order chi connectivity index (χ1) is 19.6. The van der Waals surface area contributed by atoms with Crippen LogP contribution in [0.4, 0.5) is 21.6 Å². The monoisotopic (exact) mass is 665 g/mol. The van der Waals surface area contributed by atoms with Gasteiger partial charge in [0.15, 0.2) is 0 Å². The first-order valence-electron chi connectivity index (χ1n) is 12.2. The van der Waals surface area contributed by atoms with Gasteiger partial charge in [0, 0.05) is 21.9 Å². The van der Waals surface area contributed by atoms with Gasteiger partial charge in [-0.2, -0.15) is 0 Å². The molecule has 0 radical (unpaired) electrons. The van der Waals surface area contributed by atoms with E-state index in [4.69, 9.17) is 0 Å². The predicted octanol–water partition coefficient (Wildman–Crippen LogP) is 3.77. The average Bonchev–Trinajstić information content (AvgIpc) is 2.96. The minimum atomic E-state index is -0.898. The van der Waals surface area contributed by atoms with Crippen LogP contribution in [-0.4, -0.2) is 25.9 Å². The molecule has 10 nitrogen and oxygen atoms in total. The number of carbonyl (C=O) groups excluding carboxylic acids is 2. The number of carbonyl (C=O) groups is 2. The third-order valence-electron chi connectivity index (χ3n) is 6.49. The maximum absolute atomic E-state index is 14.9. The highest BCUT2D eigenvalue weighted by Gasteiger charge is 2.24. The predicted molar refractivity (Wildman–Crippen MR) is 162 cm³/mol. The van der Waals surface area contributed by atoms with Crippen molar-refractivity contribution in [3.8, 4) is 11.4 Å². The average molecular weight is 665 g/mol. The maximum Gasteiger partial charge on any atom is 0.340 e. The number of para-hydroxylation sites is 1. The van der Waals surface area contributed by atoms with Gasteiger partial charge < -0.3 is 10.6 Å². The lowest BCUT2D eigenvalue weighted by molar-refractivity contribution is -0.127. The van der Waals surface area contributed by atoms with E-state index in [1.807, 2.05) is 22.6 Å². The summed E-state index contributed by atoms with van der Waals surface area (Å²) in [7, 11) is 1.44. The first kappa shape index (κ1) is 27.7. The Kier molecular flexibility index (Phi) is 7.41. The van der Waals surface area contributed by atoms with E-state index in [0.29, 0.717) is 3.57 Å². The van der Waals surface area contributed by atoms with Gasteiger partial charge in [-0.25, -0.2) is 13.8 Å².